The molecule has 8 nitrogen and oxygen atoms in total. The Morgan fingerprint density at radius 3 is 2.62 bits per heavy atom. The summed E-state index contributed by atoms with van der Waals surface area (Å²) >= 11 is 6.49. The van der Waals surface area contributed by atoms with Crippen LogP contribution in [0.25, 0.3) is 0 Å². The molecule has 2 aliphatic heterocycles. The lowest BCUT2D eigenvalue weighted by Crippen LogP contribution is -2.52. The Hall–Kier alpha value is -2.85. The van der Waals surface area contributed by atoms with Gasteiger partial charge in [0, 0.05) is 43.5 Å². The molecule has 1 amide bonds. The molecule has 1 saturated carbocycles. The van der Waals surface area contributed by atoms with E-state index in [1.54, 1.807) is 18.0 Å². The number of rotatable bonds is 4. The van der Waals surface area contributed by atoms with Crippen LogP contribution < -0.4 is 9.64 Å². The van der Waals surface area contributed by atoms with Gasteiger partial charge in [0.1, 0.15) is 11.2 Å². The molecule has 1 spiro atoms. The second-order valence-electron chi connectivity index (χ2n) is 16.9. The molecule has 2 aromatic rings. The third-order valence-electron chi connectivity index (χ3n) is 12.7. The van der Waals surface area contributed by atoms with E-state index >= 15 is 0 Å². The molecular formula is C40H55ClN2O6Si. The van der Waals surface area contributed by atoms with Crippen LogP contribution in [0.15, 0.2) is 48.6 Å². The Kier molecular flexibility index (Phi) is 10.3. The minimum absolute atomic E-state index is 0.0295. The molecular weight excluding hydrogens is 668 g/mol. The summed E-state index contributed by atoms with van der Waals surface area (Å²) in [7, 11) is -0.401. The number of anilines is 1. The van der Waals surface area contributed by atoms with Gasteiger partial charge in [-0.2, -0.15) is 0 Å². The van der Waals surface area contributed by atoms with Crippen molar-refractivity contribution < 1.29 is 29.0 Å². The fraction of sp³-hybridized carbons (Fsp3) is 0.600. The zero-order chi connectivity index (χ0) is 36.1. The predicted octanol–water partition coefficient (Wildman–Crippen LogP) is 7.35. The largest absolute Gasteiger partial charge is 0.490 e. The smallest absolute Gasteiger partial charge is 0.317 e. The summed E-state index contributed by atoms with van der Waals surface area (Å²) in [6.07, 6.45) is 9.73. The first kappa shape index (κ1) is 36.9. The normalized spacial score (nSPS) is 29.7. The third-order valence-corrected chi connectivity index (χ3v) is 17.4. The molecule has 2 N–H and O–H groups in total. The molecule has 0 radical (unpaired) electrons. The number of carboxylic acid groups (broad SMARTS) is 1. The predicted molar refractivity (Wildman–Crippen MR) is 201 cm³/mol. The maximum atomic E-state index is 13.6. The topological polar surface area (TPSA) is 99.5 Å². The van der Waals surface area contributed by atoms with E-state index in [9.17, 15) is 19.8 Å². The molecule has 0 aromatic heterocycles. The van der Waals surface area contributed by atoms with Gasteiger partial charge in [-0.3, -0.25) is 9.59 Å². The SMILES string of the molecule is CN1CC/C=C\[C@H](O[Si](C)(C)C(C)(C)C)[C@@H]2CC[C@H]2CN2C[C@@]3(CCCc4cc(Cl)ccc43)COc3ccc(cc32)[C@](CO)(C(=O)O)CC1=O. The van der Waals surface area contributed by atoms with Crippen LogP contribution in [0.2, 0.25) is 23.2 Å². The van der Waals surface area contributed by atoms with Crippen LogP contribution in [-0.2, 0) is 31.3 Å². The first-order chi connectivity index (χ1) is 23.6. The summed E-state index contributed by atoms with van der Waals surface area (Å²) in [4.78, 5) is 30.7. The first-order valence-electron chi connectivity index (χ1n) is 18.3. The molecule has 5 atom stereocenters. The molecule has 50 heavy (non-hydrogen) atoms. The van der Waals surface area contributed by atoms with Crippen molar-refractivity contribution in [2.24, 2.45) is 11.8 Å². The molecule has 0 saturated heterocycles. The number of hydrogen-bond acceptors (Lipinski definition) is 6. The van der Waals surface area contributed by atoms with Gasteiger partial charge in [-0.15, -0.1) is 0 Å². The summed E-state index contributed by atoms with van der Waals surface area (Å²) in [5.74, 6) is -0.170. The number of aliphatic hydroxyl groups is 1. The van der Waals surface area contributed by atoms with E-state index < -0.39 is 26.3 Å². The van der Waals surface area contributed by atoms with E-state index in [1.165, 1.54) is 11.1 Å². The van der Waals surface area contributed by atoms with Gasteiger partial charge in [-0.05, 0) is 109 Å². The Bertz CT molecular complexity index is 1640. The molecule has 6 rings (SSSR count). The quantitative estimate of drug-likeness (QED) is 0.252. The Morgan fingerprint density at radius 1 is 1.16 bits per heavy atom. The number of benzene rings is 2. The number of hydrogen-bond donors (Lipinski definition) is 2. The molecule has 2 aliphatic carbocycles. The molecule has 4 aliphatic rings. The van der Waals surface area contributed by atoms with Gasteiger partial charge in [-0.25, -0.2) is 0 Å². The van der Waals surface area contributed by atoms with Crippen LogP contribution in [0.5, 0.6) is 5.75 Å². The fourth-order valence-electron chi connectivity index (χ4n) is 8.27. The highest BCUT2D eigenvalue weighted by Crippen LogP contribution is 2.49. The highest BCUT2D eigenvalue weighted by atomic mass is 35.5. The van der Waals surface area contributed by atoms with Crippen LogP contribution in [0.4, 0.5) is 5.69 Å². The van der Waals surface area contributed by atoms with Gasteiger partial charge in [-0.1, -0.05) is 56.7 Å². The number of aryl methyl sites for hydroxylation is 1. The average Bonchev–Trinajstić information content (AvgIpc) is 3.19. The minimum Gasteiger partial charge on any atom is -0.490 e. The van der Waals surface area contributed by atoms with Crippen LogP contribution in [-0.4, -0.2) is 81.3 Å². The third kappa shape index (κ3) is 6.87. The van der Waals surface area contributed by atoms with Crippen LogP contribution in [0, 0.1) is 11.8 Å². The van der Waals surface area contributed by atoms with Crippen molar-refractivity contribution in [3.63, 3.8) is 0 Å². The Balaban J connectivity index is 1.47. The average molecular weight is 723 g/mol. The summed E-state index contributed by atoms with van der Waals surface area (Å²) in [5, 5.41) is 22.2. The Labute approximate surface area is 303 Å². The maximum Gasteiger partial charge on any atom is 0.317 e. The van der Waals surface area contributed by atoms with Gasteiger partial charge < -0.3 is 29.2 Å². The second-order valence-corrected chi connectivity index (χ2v) is 22.1. The van der Waals surface area contributed by atoms with E-state index in [2.05, 4.69) is 63.0 Å². The number of amides is 1. The van der Waals surface area contributed by atoms with E-state index in [-0.39, 0.29) is 28.9 Å². The summed E-state index contributed by atoms with van der Waals surface area (Å²) < 4.78 is 13.9. The number of halogens is 1. The minimum atomic E-state index is -2.11. The number of fused-ring (bicyclic) bond motifs is 4. The van der Waals surface area contributed by atoms with Crippen molar-refractivity contribution in [3.8, 4) is 5.75 Å². The van der Waals surface area contributed by atoms with E-state index in [0.29, 0.717) is 49.3 Å². The molecule has 272 valence electrons. The molecule has 0 unspecified atom stereocenters. The highest BCUT2D eigenvalue weighted by molar-refractivity contribution is 6.74. The number of carbonyl (C=O) groups excluding carboxylic acids is 1. The molecule has 2 bridgehead atoms. The first-order valence-corrected chi connectivity index (χ1v) is 21.6. The number of ether oxygens (including phenoxy) is 1. The molecule has 2 heterocycles. The number of aliphatic carboxylic acids is 1. The lowest BCUT2D eigenvalue weighted by atomic mass is 9.68. The van der Waals surface area contributed by atoms with Gasteiger partial charge in [0.25, 0.3) is 0 Å². The molecule has 2 aromatic carbocycles. The lowest BCUT2D eigenvalue weighted by Gasteiger charge is -2.48. The van der Waals surface area contributed by atoms with Gasteiger partial charge in [0.2, 0.25) is 5.91 Å². The van der Waals surface area contributed by atoms with Gasteiger partial charge >= 0.3 is 5.97 Å². The number of carboxylic acids is 1. The van der Waals surface area contributed by atoms with Crippen molar-refractivity contribution >= 4 is 37.5 Å². The summed E-state index contributed by atoms with van der Waals surface area (Å²) in [5.41, 5.74) is 1.67. The standard InChI is InChI=1S/C40H55ClN2O6Si/c1-38(2,3)50(5,6)49-34-11-7-8-19-42(4)36(45)22-40(25-44,37(46)47)29-13-17-35-33(21-29)43(23-28-12-15-31(28)34)24-39(26-48-35)18-9-10-27-20-30(41)14-16-32(27)39/h7,11,13-14,16-17,20-21,28,31,34,44H,8-10,12,15,18-19,22-26H2,1-6H3,(H,46,47)/b11-7-/t28-,31+,34-,39-,40-/m0/s1. The van der Waals surface area contributed by atoms with Crippen molar-refractivity contribution in [1.29, 1.82) is 0 Å². The monoisotopic (exact) mass is 722 g/mol. The molecule has 10 heteroatoms. The van der Waals surface area contributed by atoms with Crippen molar-refractivity contribution in [2.75, 3.05) is 44.8 Å². The second kappa shape index (κ2) is 13.9. The van der Waals surface area contributed by atoms with Crippen molar-refractivity contribution in [1.82, 2.24) is 4.90 Å². The van der Waals surface area contributed by atoms with Gasteiger partial charge in [0.15, 0.2) is 8.32 Å². The maximum absolute atomic E-state index is 13.6. The number of carbonyl (C=O) groups is 2. The van der Waals surface area contributed by atoms with Crippen LogP contribution in [0.3, 0.4) is 0 Å². The van der Waals surface area contributed by atoms with E-state index in [4.69, 9.17) is 20.8 Å². The summed E-state index contributed by atoms with van der Waals surface area (Å²) in [6.45, 7) is 13.2. The zero-order valence-corrected chi connectivity index (χ0v) is 32.4. The van der Waals surface area contributed by atoms with Crippen molar-refractivity contribution in [2.45, 2.75) is 101 Å². The van der Waals surface area contributed by atoms with E-state index in [0.717, 1.165) is 49.4 Å². The zero-order valence-electron chi connectivity index (χ0n) is 30.6. The molecule has 1 fully saturated rings. The van der Waals surface area contributed by atoms with Crippen molar-refractivity contribution in [3.05, 3.63) is 70.3 Å². The number of aliphatic hydroxyl groups excluding tert-OH is 1. The fourth-order valence-corrected chi connectivity index (χ4v) is 9.75. The van der Waals surface area contributed by atoms with E-state index in [1.807, 2.05) is 18.2 Å². The Morgan fingerprint density at radius 2 is 1.94 bits per heavy atom. The number of nitrogens with zero attached hydrogens (tertiary/aromatic N) is 2. The highest BCUT2D eigenvalue weighted by Gasteiger charge is 2.48. The van der Waals surface area contributed by atoms with Crippen LogP contribution >= 0.6 is 11.6 Å². The van der Waals surface area contributed by atoms with Crippen LogP contribution in [0.1, 0.15) is 76.0 Å². The lowest BCUT2D eigenvalue weighted by molar-refractivity contribution is -0.149. The van der Waals surface area contributed by atoms with Gasteiger partial charge in [0.05, 0.1) is 25.0 Å². The summed E-state index contributed by atoms with van der Waals surface area (Å²) in [6, 6.07) is 11.7.